The van der Waals surface area contributed by atoms with Gasteiger partial charge in [0.25, 0.3) is 0 Å². The number of pyridine rings is 1. The number of imidazole rings is 1. The van der Waals surface area contributed by atoms with Crippen molar-refractivity contribution in [2.24, 2.45) is 0 Å². The summed E-state index contributed by atoms with van der Waals surface area (Å²) in [4.78, 5) is 16.4. The van der Waals surface area contributed by atoms with E-state index in [9.17, 15) is 4.79 Å². The first-order valence-corrected chi connectivity index (χ1v) is 8.15. The van der Waals surface area contributed by atoms with E-state index < -0.39 is 0 Å². The molecule has 0 atom stereocenters. The van der Waals surface area contributed by atoms with E-state index in [2.05, 4.69) is 50.0 Å². The molecule has 124 valence electrons. The van der Waals surface area contributed by atoms with Gasteiger partial charge < -0.3 is 9.14 Å². The summed E-state index contributed by atoms with van der Waals surface area (Å²) in [6, 6.07) is 12.2. The van der Waals surface area contributed by atoms with Crippen LogP contribution < -0.4 is 0 Å². The smallest absolute Gasteiger partial charge is 0.339 e. The van der Waals surface area contributed by atoms with Crippen molar-refractivity contribution >= 4 is 11.5 Å². The summed E-state index contributed by atoms with van der Waals surface area (Å²) < 4.78 is 6.90. The predicted octanol–water partition coefficient (Wildman–Crippen LogP) is 4.48. The lowest BCUT2D eigenvalue weighted by Gasteiger charge is -2.19. The van der Waals surface area contributed by atoms with Crippen LogP contribution in [0.1, 0.15) is 43.6 Å². The molecule has 4 heteroatoms. The van der Waals surface area contributed by atoms with Crippen molar-refractivity contribution in [3.05, 3.63) is 60.0 Å². The van der Waals surface area contributed by atoms with E-state index in [1.165, 1.54) is 5.56 Å². The van der Waals surface area contributed by atoms with Gasteiger partial charge in [-0.2, -0.15) is 0 Å². The maximum absolute atomic E-state index is 11.8. The first-order valence-electron chi connectivity index (χ1n) is 8.15. The summed E-state index contributed by atoms with van der Waals surface area (Å²) >= 11 is 0. The van der Waals surface area contributed by atoms with E-state index in [1.807, 2.05) is 10.5 Å². The number of hydrogen-bond acceptors (Lipinski definition) is 3. The zero-order chi connectivity index (χ0) is 17.3. The topological polar surface area (TPSA) is 43.6 Å². The third-order valence-electron chi connectivity index (χ3n) is 4.07. The summed E-state index contributed by atoms with van der Waals surface area (Å²) in [7, 11) is 0. The van der Waals surface area contributed by atoms with Crippen LogP contribution in [0.3, 0.4) is 0 Å². The van der Waals surface area contributed by atoms with Crippen LogP contribution in [0.2, 0.25) is 0 Å². The maximum Gasteiger partial charge on any atom is 0.339 e. The van der Waals surface area contributed by atoms with Crippen LogP contribution in [-0.2, 0) is 10.2 Å². The van der Waals surface area contributed by atoms with Crippen LogP contribution in [0, 0.1) is 0 Å². The van der Waals surface area contributed by atoms with Crippen molar-refractivity contribution in [1.29, 1.82) is 0 Å². The largest absolute Gasteiger partial charge is 0.462 e. The van der Waals surface area contributed by atoms with Gasteiger partial charge in [-0.25, -0.2) is 9.78 Å². The van der Waals surface area contributed by atoms with E-state index in [-0.39, 0.29) is 11.4 Å². The van der Waals surface area contributed by atoms with Gasteiger partial charge in [0.2, 0.25) is 0 Å². The predicted molar refractivity (Wildman–Crippen MR) is 95.3 cm³/mol. The number of esters is 1. The van der Waals surface area contributed by atoms with Gasteiger partial charge in [-0.3, -0.25) is 0 Å². The third-order valence-corrected chi connectivity index (χ3v) is 4.07. The molecule has 0 unspecified atom stereocenters. The highest BCUT2D eigenvalue weighted by molar-refractivity contribution is 5.90. The average Bonchev–Trinajstić information content (AvgIpc) is 2.97. The van der Waals surface area contributed by atoms with E-state index in [1.54, 1.807) is 25.5 Å². The summed E-state index contributed by atoms with van der Waals surface area (Å²) in [5.74, 6) is -0.316. The fourth-order valence-electron chi connectivity index (χ4n) is 2.69. The number of rotatable bonds is 3. The Bertz CT molecular complexity index is 871. The van der Waals surface area contributed by atoms with Gasteiger partial charge in [0.15, 0.2) is 0 Å². The minimum Gasteiger partial charge on any atom is -0.462 e. The van der Waals surface area contributed by atoms with Gasteiger partial charge >= 0.3 is 5.97 Å². The first-order chi connectivity index (χ1) is 11.4. The van der Waals surface area contributed by atoms with E-state index in [0.29, 0.717) is 12.2 Å². The quantitative estimate of drug-likeness (QED) is 0.668. The molecule has 2 aromatic heterocycles. The Morgan fingerprint density at radius 3 is 2.46 bits per heavy atom. The van der Waals surface area contributed by atoms with Gasteiger partial charge in [-0.15, -0.1) is 0 Å². The Hall–Kier alpha value is -2.62. The Labute approximate surface area is 142 Å². The molecule has 3 rings (SSSR count). The molecule has 2 heterocycles. The second-order valence-electron chi connectivity index (χ2n) is 6.85. The molecule has 0 radical (unpaired) electrons. The van der Waals surface area contributed by atoms with Crippen LogP contribution in [-0.4, -0.2) is 22.0 Å². The molecule has 3 aromatic rings. The van der Waals surface area contributed by atoms with Gasteiger partial charge in [-0.1, -0.05) is 45.0 Å². The standard InChI is InChI=1S/C20H22N2O2/c1-5-24-19(23)15-8-11-17-18(21-13-22(17)12-15)14-6-9-16(10-7-14)20(2,3)4/h6-13H,5H2,1-4H3. The summed E-state index contributed by atoms with van der Waals surface area (Å²) in [5, 5.41) is 0. The summed E-state index contributed by atoms with van der Waals surface area (Å²) in [6.45, 7) is 8.76. The van der Waals surface area contributed by atoms with Crippen molar-refractivity contribution in [1.82, 2.24) is 9.38 Å². The van der Waals surface area contributed by atoms with Crippen LogP contribution in [0.5, 0.6) is 0 Å². The molecule has 0 aliphatic heterocycles. The monoisotopic (exact) mass is 322 g/mol. The Balaban J connectivity index is 1.97. The number of nitrogens with zero attached hydrogens (tertiary/aromatic N) is 2. The molecule has 0 spiro atoms. The van der Waals surface area contributed by atoms with Crippen molar-refractivity contribution in [2.75, 3.05) is 6.61 Å². The number of hydrogen-bond donors (Lipinski definition) is 0. The Morgan fingerprint density at radius 2 is 1.83 bits per heavy atom. The van der Waals surface area contributed by atoms with Gasteiger partial charge in [-0.05, 0) is 30.0 Å². The molecule has 0 saturated carbocycles. The molecular weight excluding hydrogens is 300 g/mol. The molecule has 1 aromatic carbocycles. The zero-order valence-electron chi connectivity index (χ0n) is 14.5. The van der Waals surface area contributed by atoms with Crippen LogP contribution in [0.25, 0.3) is 16.8 Å². The fraction of sp³-hybridized carbons (Fsp3) is 0.300. The highest BCUT2D eigenvalue weighted by atomic mass is 16.5. The fourth-order valence-corrected chi connectivity index (χ4v) is 2.69. The number of aromatic nitrogens is 2. The molecule has 0 bridgehead atoms. The number of carbonyl (C=O) groups is 1. The Kier molecular flexibility index (Phi) is 4.14. The number of benzene rings is 1. The molecule has 0 aliphatic rings. The minimum atomic E-state index is -0.316. The van der Waals surface area contributed by atoms with Crippen LogP contribution in [0.15, 0.2) is 48.9 Å². The van der Waals surface area contributed by atoms with E-state index >= 15 is 0 Å². The lowest BCUT2D eigenvalue weighted by Crippen LogP contribution is -2.10. The molecule has 24 heavy (non-hydrogen) atoms. The zero-order valence-corrected chi connectivity index (χ0v) is 14.5. The second kappa shape index (κ2) is 6.11. The number of carbonyl (C=O) groups excluding carboxylic acids is 1. The second-order valence-corrected chi connectivity index (χ2v) is 6.85. The van der Waals surface area contributed by atoms with Crippen LogP contribution in [0.4, 0.5) is 0 Å². The lowest BCUT2D eigenvalue weighted by atomic mass is 9.86. The van der Waals surface area contributed by atoms with Gasteiger partial charge in [0, 0.05) is 11.8 Å². The summed E-state index contributed by atoms with van der Waals surface area (Å²) in [6.07, 6.45) is 3.48. The minimum absolute atomic E-state index is 0.128. The molecule has 0 saturated heterocycles. The molecular formula is C20H22N2O2. The molecule has 0 fully saturated rings. The van der Waals surface area contributed by atoms with Gasteiger partial charge in [0.1, 0.15) is 0 Å². The molecule has 4 nitrogen and oxygen atoms in total. The normalized spacial score (nSPS) is 11.7. The lowest BCUT2D eigenvalue weighted by molar-refractivity contribution is 0.0526. The van der Waals surface area contributed by atoms with E-state index in [0.717, 1.165) is 16.8 Å². The average molecular weight is 322 g/mol. The number of ether oxygens (including phenoxy) is 1. The van der Waals surface area contributed by atoms with Crippen LogP contribution >= 0.6 is 0 Å². The van der Waals surface area contributed by atoms with Crippen molar-refractivity contribution in [3.63, 3.8) is 0 Å². The highest BCUT2D eigenvalue weighted by Crippen LogP contribution is 2.27. The first kappa shape index (κ1) is 16.2. The van der Waals surface area contributed by atoms with Gasteiger partial charge in [0.05, 0.1) is 29.7 Å². The molecule has 0 amide bonds. The Morgan fingerprint density at radius 1 is 1.12 bits per heavy atom. The molecule has 0 N–H and O–H groups in total. The molecule has 0 aliphatic carbocycles. The number of fused-ring (bicyclic) bond motifs is 1. The maximum atomic E-state index is 11.8. The van der Waals surface area contributed by atoms with Crippen molar-refractivity contribution < 1.29 is 9.53 Å². The summed E-state index contributed by atoms with van der Waals surface area (Å²) in [5.41, 5.74) is 4.88. The third kappa shape index (κ3) is 3.04. The van der Waals surface area contributed by atoms with E-state index in [4.69, 9.17) is 4.74 Å². The SMILES string of the molecule is CCOC(=O)c1ccc2c(-c3ccc(C(C)(C)C)cc3)ncn2c1. The highest BCUT2D eigenvalue weighted by Gasteiger charge is 2.15. The van der Waals surface area contributed by atoms with Crippen molar-refractivity contribution in [2.45, 2.75) is 33.1 Å². The van der Waals surface area contributed by atoms with Crippen molar-refractivity contribution in [3.8, 4) is 11.3 Å².